The molecule has 0 saturated carbocycles. The van der Waals surface area contributed by atoms with Crippen LogP contribution in [0.25, 0.3) is 0 Å². The lowest BCUT2D eigenvalue weighted by atomic mass is 9.98. The van der Waals surface area contributed by atoms with Gasteiger partial charge in [-0.05, 0) is 55.2 Å². The maximum absolute atomic E-state index is 13.0. The molecule has 2 aromatic rings. The Morgan fingerprint density at radius 3 is 2.29 bits per heavy atom. The van der Waals surface area contributed by atoms with Crippen molar-refractivity contribution in [3.05, 3.63) is 72.8 Å². The van der Waals surface area contributed by atoms with Gasteiger partial charge in [0.2, 0.25) is 0 Å². The van der Waals surface area contributed by atoms with Gasteiger partial charge in [-0.25, -0.2) is 8.42 Å². The smallest absolute Gasteiger partial charge is 0.264 e. The molecule has 6 heteroatoms. The van der Waals surface area contributed by atoms with Gasteiger partial charge in [0.15, 0.2) is 0 Å². The fourth-order valence-corrected chi connectivity index (χ4v) is 4.80. The Morgan fingerprint density at radius 1 is 1.11 bits per heavy atom. The van der Waals surface area contributed by atoms with Crippen LogP contribution in [0.1, 0.15) is 30.1 Å². The highest BCUT2D eigenvalue weighted by atomic mass is 32.2. The molecule has 0 aromatic heterocycles. The van der Waals surface area contributed by atoms with Crippen LogP contribution in [-0.2, 0) is 10.0 Å². The molecule has 0 spiro atoms. The van der Waals surface area contributed by atoms with Crippen LogP contribution in [0.4, 0.5) is 5.69 Å². The largest absolute Gasteiger partial charge is 0.339 e. The number of carbonyl (C=O) groups is 1. The summed E-state index contributed by atoms with van der Waals surface area (Å²) in [5.41, 5.74) is 1.08. The van der Waals surface area contributed by atoms with Gasteiger partial charge in [0.1, 0.15) is 0 Å². The molecule has 0 unspecified atom stereocenters. The number of anilines is 1. The summed E-state index contributed by atoms with van der Waals surface area (Å²) in [7, 11) is -3.71. The molecule has 28 heavy (non-hydrogen) atoms. The molecule has 1 aliphatic heterocycles. The number of rotatable bonds is 6. The zero-order valence-corrected chi connectivity index (χ0v) is 16.9. The molecule has 5 nitrogen and oxygen atoms in total. The van der Waals surface area contributed by atoms with Crippen LogP contribution in [0.5, 0.6) is 0 Å². The quantitative estimate of drug-likeness (QED) is 0.693. The van der Waals surface area contributed by atoms with E-state index in [1.165, 1.54) is 4.31 Å². The van der Waals surface area contributed by atoms with Crippen LogP contribution in [-0.4, -0.2) is 38.9 Å². The Morgan fingerprint density at radius 2 is 1.71 bits per heavy atom. The molecule has 2 aromatic carbocycles. The van der Waals surface area contributed by atoms with Crippen molar-refractivity contribution in [2.24, 2.45) is 5.92 Å². The summed E-state index contributed by atoms with van der Waals surface area (Å²) in [5, 5.41) is 0. The Hall–Kier alpha value is -2.60. The molecule has 3 rings (SSSR count). The van der Waals surface area contributed by atoms with Gasteiger partial charge in [0, 0.05) is 18.7 Å². The fraction of sp³-hybridized carbons (Fsp3) is 0.318. The highest BCUT2D eigenvalue weighted by molar-refractivity contribution is 7.92. The predicted molar refractivity (Wildman–Crippen MR) is 112 cm³/mol. The number of nitrogens with zero attached hydrogens (tertiary/aromatic N) is 2. The zero-order chi connectivity index (χ0) is 20.1. The maximum Gasteiger partial charge on any atom is 0.264 e. The van der Waals surface area contributed by atoms with Crippen molar-refractivity contribution in [3.8, 4) is 0 Å². The van der Waals surface area contributed by atoms with Gasteiger partial charge in [-0.2, -0.15) is 0 Å². The minimum atomic E-state index is -3.71. The first-order valence-electron chi connectivity index (χ1n) is 9.51. The van der Waals surface area contributed by atoms with Crippen molar-refractivity contribution < 1.29 is 13.2 Å². The van der Waals surface area contributed by atoms with Gasteiger partial charge in [0.25, 0.3) is 15.9 Å². The van der Waals surface area contributed by atoms with Crippen molar-refractivity contribution in [3.63, 3.8) is 0 Å². The highest BCUT2D eigenvalue weighted by Crippen LogP contribution is 2.25. The second-order valence-corrected chi connectivity index (χ2v) is 9.02. The third kappa shape index (κ3) is 4.28. The number of hydrogen-bond acceptors (Lipinski definition) is 3. The molecule has 0 atom stereocenters. The summed E-state index contributed by atoms with van der Waals surface area (Å²) in [6.07, 6.45) is 3.59. The van der Waals surface area contributed by atoms with E-state index < -0.39 is 10.0 Å². The predicted octanol–water partition coefficient (Wildman–Crippen LogP) is 3.94. The van der Waals surface area contributed by atoms with Gasteiger partial charge in [-0.3, -0.25) is 9.10 Å². The van der Waals surface area contributed by atoms with Gasteiger partial charge < -0.3 is 4.90 Å². The number of hydrogen-bond donors (Lipinski definition) is 0. The first kappa shape index (κ1) is 20.1. The summed E-state index contributed by atoms with van der Waals surface area (Å²) in [6, 6.07) is 15.1. The molecule has 0 bridgehead atoms. The summed E-state index contributed by atoms with van der Waals surface area (Å²) < 4.78 is 27.3. The number of sulfonamides is 1. The average Bonchev–Trinajstić information content (AvgIpc) is 2.73. The summed E-state index contributed by atoms with van der Waals surface area (Å²) in [5.74, 6) is 0.654. The Labute approximate surface area is 167 Å². The van der Waals surface area contributed by atoms with E-state index in [-0.39, 0.29) is 17.3 Å². The third-order valence-electron chi connectivity index (χ3n) is 5.10. The number of piperidine rings is 1. The van der Waals surface area contributed by atoms with E-state index in [4.69, 9.17) is 0 Å². The van der Waals surface area contributed by atoms with Gasteiger partial charge in [-0.1, -0.05) is 31.2 Å². The molecular formula is C22H26N2O3S. The minimum Gasteiger partial charge on any atom is -0.339 e. The fourth-order valence-electron chi connectivity index (χ4n) is 3.34. The maximum atomic E-state index is 13.0. The van der Waals surface area contributed by atoms with Crippen LogP contribution < -0.4 is 4.31 Å². The molecule has 0 aliphatic carbocycles. The summed E-state index contributed by atoms with van der Waals surface area (Å²) in [4.78, 5) is 14.8. The second kappa shape index (κ2) is 8.61. The van der Waals surface area contributed by atoms with Crippen LogP contribution in [0.3, 0.4) is 0 Å². The van der Waals surface area contributed by atoms with Crippen molar-refractivity contribution >= 4 is 21.6 Å². The zero-order valence-electron chi connectivity index (χ0n) is 16.1. The van der Waals surface area contributed by atoms with E-state index in [9.17, 15) is 13.2 Å². The topological polar surface area (TPSA) is 57.7 Å². The van der Waals surface area contributed by atoms with Gasteiger partial charge in [0.05, 0.1) is 17.1 Å². The van der Waals surface area contributed by atoms with Crippen LogP contribution in [0.2, 0.25) is 0 Å². The van der Waals surface area contributed by atoms with E-state index in [1.54, 1.807) is 60.7 Å². The highest BCUT2D eigenvalue weighted by Gasteiger charge is 2.25. The Kier molecular flexibility index (Phi) is 6.19. The molecule has 1 fully saturated rings. The molecule has 0 radical (unpaired) electrons. The summed E-state index contributed by atoms with van der Waals surface area (Å²) in [6.45, 7) is 7.57. The number of carbonyl (C=O) groups excluding carboxylic acids is 1. The molecule has 1 amide bonds. The van der Waals surface area contributed by atoms with E-state index in [0.29, 0.717) is 17.2 Å². The van der Waals surface area contributed by atoms with E-state index in [1.807, 2.05) is 4.90 Å². The molecule has 1 aliphatic rings. The van der Waals surface area contributed by atoms with E-state index >= 15 is 0 Å². The van der Waals surface area contributed by atoms with Crippen LogP contribution >= 0.6 is 0 Å². The standard InChI is InChI=1S/C22H26N2O3S/c1-3-15-24(28(26,27)21-7-5-4-6-8-21)20-11-9-19(10-12-20)22(25)23-16-13-18(2)14-17-23/h3-12,18H,1,13-17H2,2H3. The molecule has 0 N–H and O–H groups in total. The third-order valence-corrected chi connectivity index (χ3v) is 6.91. The van der Waals surface area contributed by atoms with Crippen molar-refractivity contribution in [2.45, 2.75) is 24.7 Å². The van der Waals surface area contributed by atoms with Crippen LogP contribution in [0.15, 0.2) is 72.1 Å². The van der Waals surface area contributed by atoms with Crippen molar-refractivity contribution in [1.82, 2.24) is 4.90 Å². The first-order chi connectivity index (χ1) is 13.4. The van der Waals surface area contributed by atoms with Crippen molar-refractivity contribution in [2.75, 3.05) is 23.9 Å². The lowest BCUT2D eigenvalue weighted by Crippen LogP contribution is -2.38. The van der Waals surface area contributed by atoms with Gasteiger partial charge >= 0.3 is 0 Å². The summed E-state index contributed by atoms with van der Waals surface area (Å²) >= 11 is 0. The number of likely N-dealkylation sites (tertiary alicyclic amines) is 1. The first-order valence-corrected chi connectivity index (χ1v) is 11.0. The minimum absolute atomic E-state index is 0.000336. The molecule has 148 valence electrons. The molecule has 1 saturated heterocycles. The SMILES string of the molecule is C=CCN(c1ccc(C(=O)N2CCC(C)CC2)cc1)S(=O)(=O)c1ccccc1. The normalized spacial score (nSPS) is 15.2. The van der Waals surface area contributed by atoms with Crippen LogP contribution in [0, 0.1) is 5.92 Å². The second-order valence-electron chi connectivity index (χ2n) is 7.16. The monoisotopic (exact) mass is 398 g/mol. The Balaban J connectivity index is 1.83. The average molecular weight is 399 g/mol. The Bertz CT molecular complexity index is 916. The molecule has 1 heterocycles. The van der Waals surface area contributed by atoms with Gasteiger partial charge in [-0.15, -0.1) is 6.58 Å². The lowest BCUT2D eigenvalue weighted by Gasteiger charge is -2.30. The molecular weight excluding hydrogens is 372 g/mol. The van der Waals surface area contributed by atoms with Crippen molar-refractivity contribution in [1.29, 1.82) is 0 Å². The van der Waals surface area contributed by atoms with E-state index in [0.717, 1.165) is 25.9 Å². The lowest BCUT2D eigenvalue weighted by molar-refractivity contribution is 0.0697. The number of benzene rings is 2. The number of amides is 1. The van der Waals surface area contributed by atoms with E-state index in [2.05, 4.69) is 13.5 Å².